The Hall–Kier alpha value is -2.31. The van der Waals surface area contributed by atoms with Crippen molar-refractivity contribution < 1.29 is 26.4 Å². The van der Waals surface area contributed by atoms with Gasteiger partial charge in [-0.2, -0.15) is 5.10 Å². The molecule has 0 radical (unpaired) electrons. The highest BCUT2D eigenvalue weighted by Crippen LogP contribution is 2.24. The third-order valence-corrected chi connectivity index (χ3v) is 8.67. The Morgan fingerprint density at radius 3 is 2.57 bits per heavy atom. The highest BCUT2D eigenvalue weighted by Gasteiger charge is 2.37. The summed E-state index contributed by atoms with van der Waals surface area (Å²) >= 11 is 0. The fraction of sp³-hybridized carbons (Fsp3) is 0.500. The first-order chi connectivity index (χ1) is 13.9. The lowest BCUT2D eigenvalue weighted by Gasteiger charge is -2.27. The number of hydrazone groups is 1. The first-order valence-corrected chi connectivity index (χ1v) is 12.6. The molecule has 0 saturated carbocycles. The van der Waals surface area contributed by atoms with E-state index in [1.807, 2.05) is 0 Å². The van der Waals surface area contributed by atoms with Crippen LogP contribution in [0.25, 0.3) is 0 Å². The number of sulfone groups is 1. The van der Waals surface area contributed by atoms with E-state index in [2.05, 4.69) is 10.4 Å². The molecule has 0 spiro atoms. The summed E-state index contributed by atoms with van der Waals surface area (Å²) in [6.45, 7) is 1.73. The minimum Gasteiger partial charge on any atom is -0.321 e. The van der Waals surface area contributed by atoms with Gasteiger partial charge < -0.3 is 5.32 Å². The Bertz CT molecular complexity index is 1130. The summed E-state index contributed by atoms with van der Waals surface area (Å²) < 4.78 is 49.2. The molecule has 10 nitrogen and oxygen atoms in total. The molecule has 2 amide bonds. The molecule has 1 aromatic carbocycles. The van der Waals surface area contributed by atoms with Crippen molar-refractivity contribution in [2.45, 2.75) is 37.1 Å². The maximum absolute atomic E-state index is 12.8. The Labute approximate surface area is 175 Å². The Kier molecular flexibility index (Phi) is 6.03. The van der Waals surface area contributed by atoms with Gasteiger partial charge in [-0.3, -0.25) is 9.59 Å². The van der Waals surface area contributed by atoms with Crippen molar-refractivity contribution in [2.24, 2.45) is 5.10 Å². The van der Waals surface area contributed by atoms with Crippen LogP contribution in [0.5, 0.6) is 0 Å². The Morgan fingerprint density at radius 1 is 1.27 bits per heavy atom. The molecule has 30 heavy (non-hydrogen) atoms. The zero-order chi connectivity index (χ0) is 22.3. The summed E-state index contributed by atoms with van der Waals surface area (Å²) in [5.41, 5.74) is 1.07. The van der Waals surface area contributed by atoms with Gasteiger partial charge in [-0.05, 0) is 31.0 Å². The monoisotopic (exact) mass is 456 g/mol. The lowest BCUT2D eigenvalue weighted by Crippen LogP contribution is -2.42. The molecule has 1 unspecified atom stereocenters. The number of hydrogen-bond acceptors (Lipinski definition) is 7. The first kappa shape index (κ1) is 22.4. The molecule has 0 bridgehead atoms. The van der Waals surface area contributed by atoms with Crippen LogP contribution in [0.2, 0.25) is 0 Å². The number of anilines is 1. The van der Waals surface area contributed by atoms with E-state index in [4.69, 9.17) is 0 Å². The summed E-state index contributed by atoms with van der Waals surface area (Å²) in [7, 11) is -4.05. The lowest BCUT2D eigenvalue weighted by molar-refractivity contribution is -0.133. The number of rotatable bonds is 5. The van der Waals surface area contributed by atoms with E-state index in [0.29, 0.717) is 11.3 Å². The van der Waals surface area contributed by atoms with Crippen molar-refractivity contribution in [1.29, 1.82) is 0 Å². The fourth-order valence-corrected chi connectivity index (χ4v) is 5.91. The predicted molar refractivity (Wildman–Crippen MR) is 111 cm³/mol. The van der Waals surface area contributed by atoms with Crippen molar-refractivity contribution in [1.82, 2.24) is 9.31 Å². The minimum atomic E-state index is -3.67. The van der Waals surface area contributed by atoms with E-state index in [-0.39, 0.29) is 47.3 Å². The van der Waals surface area contributed by atoms with Crippen LogP contribution in [0.3, 0.4) is 0 Å². The summed E-state index contributed by atoms with van der Waals surface area (Å²) in [5.74, 6) is -1.05. The number of nitrogens with one attached hydrogen (secondary N) is 1. The lowest BCUT2D eigenvalue weighted by atomic mass is 10.1. The molecule has 1 N–H and O–H groups in total. The van der Waals surface area contributed by atoms with Gasteiger partial charge in [-0.1, -0.05) is 6.07 Å². The van der Waals surface area contributed by atoms with Gasteiger partial charge in [0.2, 0.25) is 15.9 Å². The zero-order valence-corrected chi connectivity index (χ0v) is 18.6. The van der Waals surface area contributed by atoms with Crippen LogP contribution in [0.1, 0.15) is 24.8 Å². The third kappa shape index (κ3) is 4.55. The van der Waals surface area contributed by atoms with E-state index in [1.54, 1.807) is 13.0 Å². The normalized spacial score (nSPS) is 21.6. The quantitative estimate of drug-likeness (QED) is 0.680. The molecule has 2 aliphatic heterocycles. The standard InChI is InChI=1S/C18H24N4O6S2/c1-12-4-5-14(30(27,28)21(2)3)10-16(12)19-18(24)15-6-7-17(23)22(20-15)13-8-9-29(25,26)11-13/h4-5,10,13H,6-9,11H2,1-3H3,(H,19,24). The number of carbonyl (C=O) groups is 2. The van der Waals surface area contributed by atoms with E-state index in [1.165, 1.54) is 26.2 Å². The summed E-state index contributed by atoms with van der Waals surface area (Å²) in [5, 5.41) is 7.91. The van der Waals surface area contributed by atoms with Crippen molar-refractivity contribution >= 4 is 43.1 Å². The number of nitrogens with zero attached hydrogens (tertiary/aromatic N) is 3. The zero-order valence-electron chi connectivity index (χ0n) is 17.0. The van der Waals surface area contributed by atoms with Crippen molar-refractivity contribution in [3.8, 4) is 0 Å². The highest BCUT2D eigenvalue weighted by molar-refractivity contribution is 7.91. The molecule has 1 saturated heterocycles. The van der Waals surface area contributed by atoms with Crippen LogP contribution in [0.15, 0.2) is 28.2 Å². The third-order valence-electron chi connectivity index (χ3n) is 5.11. The maximum atomic E-state index is 12.8. The minimum absolute atomic E-state index is 0.00910. The van der Waals surface area contributed by atoms with Crippen LogP contribution in [0.4, 0.5) is 5.69 Å². The van der Waals surface area contributed by atoms with Crippen LogP contribution in [-0.4, -0.2) is 75.3 Å². The first-order valence-electron chi connectivity index (χ1n) is 9.35. The number of carbonyl (C=O) groups excluding carboxylic acids is 2. The van der Waals surface area contributed by atoms with E-state index < -0.39 is 31.8 Å². The summed E-state index contributed by atoms with van der Waals surface area (Å²) in [6.07, 6.45) is 0.461. The number of amides is 2. The van der Waals surface area contributed by atoms with E-state index >= 15 is 0 Å². The molecule has 3 rings (SSSR count). The van der Waals surface area contributed by atoms with E-state index in [9.17, 15) is 26.4 Å². The summed E-state index contributed by atoms with van der Waals surface area (Å²) in [6, 6.07) is 3.85. The van der Waals surface area contributed by atoms with Crippen molar-refractivity contribution in [3.63, 3.8) is 0 Å². The average molecular weight is 457 g/mol. The smallest absolute Gasteiger partial charge is 0.271 e. The van der Waals surface area contributed by atoms with Crippen LogP contribution in [0, 0.1) is 6.92 Å². The predicted octanol–water partition coefficient (Wildman–Crippen LogP) is 0.349. The Balaban J connectivity index is 1.84. The molecule has 2 heterocycles. The van der Waals surface area contributed by atoms with Gasteiger partial charge >= 0.3 is 0 Å². The van der Waals surface area contributed by atoms with Crippen molar-refractivity contribution in [2.75, 3.05) is 30.9 Å². The number of sulfonamides is 1. The van der Waals surface area contributed by atoms with Gasteiger partial charge in [0.15, 0.2) is 9.84 Å². The van der Waals surface area contributed by atoms with E-state index in [0.717, 1.165) is 9.31 Å². The van der Waals surface area contributed by atoms with Crippen LogP contribution in [-0.2, 0) is 29.4 Å². The molecule has 2 aliphatic rings. The second kappa shape index (κ2) is 8.08. The molecular weight excluding hydrogens is 432 g/mol. The van der Waals surface area contributed by atoms with Gasteiger partial charge in [0.25, 0.3) is 5.91 Å². The highest BCUT2D eigenvalue weighted by atomic mass is 32.2. The van der Waals surface area contributed by atoms with Crippen molar-refractivity contribution in [3.05, 3.63) is 23.8 Å². The number of benzene rings is 1. The molecule has 1 atom stereocenters. The SMILES string of the molecule is Cc1ccc(S(=O)(=O)N(C)C)cc1NC(=O)C1=NN(C2CCS(=O)(=O)C2)C(=O)CC1. The van der Waals surface area contributed by atoms with Gasteiger partial charge in [0.1, 0.15) is 5.71 Å². The number of hydrogen-bond donors (Lipinski definition) is 1. The largest absolute Gasteiger partial charge is 0.321 e. The molecule has 1 aromatic rings. The molecule has 0 aromatic heterocycles. The molecule has 164 valence electrons. The second-order valence-corrected chi connectivity index (χ2v) is 11.9. The molecular formula is C18H24N4O6S2. The maximum Gasteiger partial charge on any atom is 0.271 e. The van der Waals surface area contributed by atoms with Crippen LogP contribution < -0.4 is 5.32 Å². The molecule has 1 fully saturated rings. The second-order valence-electron chi connectivity index (χ2n) is 7.56. The fourth-order valence-electron chi connectivity index (χ4n) is 3.29. The molecule has 0 aliphatic carbocycles. The number of aryl methyl sites for hydroxylation is 1. The topological polar surface area (TPSA) is 133 Å². The summed E-state index contributed by atoms with van der Waals surface area (Å²) in [4.78, 5) is 25.0. The molecule has 12 heteroatoms. The van der Waals surface area contributed by atoms with Gasteiger partial charge in [-0.25, -0.2) is 26.1 Å². The Morgan fingerprint density at radius 2 is 1.97 bits per heavy atom. The van der Waals surface area contributed by atoms with Gasteiger partial charge in [-0.15, -0.1) is 0 Å². The van der Waals surface area contributed by atoms with Gasteiger partial charge in [0, 0.05) is 32.6 Å². The van der Waals surface area contributed by atoms with Gasteiger partial charge in [0.05, 0.1) is 22.4 Å². The average Bonchev–Trinajstić information content (AvgIpc) is 3.03. The van der Waals surface area contributed by atoms with Crippen LogP contribution >= 0.6 is 0 Å².